The summed E-state index contributed by atoms with van der Waals surface area (Å²) in [5.74, 6) is -0.409. The molecule has 0 spiro atoms. The minimum Gasteiger partial charge on any atom is -0.508 e. The molecule has 0 fully saturated rings. The Bertz CT molecular complexity index is 392. The normalized spacial score (nSPS) is 10.6. The second-order valence-electron chi connectivity index (χ2n) is 2.26. The number of fused-ring (bicyclic) bond motifs is 1. The van der Waals surface area contributed by atoms with E-state index in [1.807, 2.05) is 0 Å². The summed E-state index contributed by atoms with van der Waals surface area (Å²) in [6.07, 6.45) is 1.02. The van der Waals surface area contributed by atoms with Gasteiger partial charge in [0, 0.05) is 0 Å². The first kappa shape index (κ1) is 6.22. The number of halogens is 1. The lowest BCUT2D eigenvalue weighted by Gasteiger charge is -1.89. The van der Waals surface area contributed by atoms with Gasteiger partial charge in [-0.15, -0.1) is 0 Å². The third kappa shape index (κ3) is 0.852. The second-order valence-corrected chi connectivity index (χ2v) is 2.26. The maximum absolute atomic E-state index is 12.7. The number of phenols is 1. The Morgan fingerprint density at radius 2 is 2.18 bits per heavy atom. The molecule has 0 saturated heterocycles. The summed E-state index contributed by atoms with van der Waals surface area (Å²) in [5, 5.41) is 9.27. The molecular weight excluding hydrogens is 147 g/mol. The van der Waals surface area contributed by atoms with Gasteiger partial charge in [-0.3, -0.25) is 0 Å². The Balaban J connectivity index is 2.87. The summed E-state index contributed by atoms with van der Waals surface area (Å²) < 4.78 is 17.5. The first-order valence-electron chi connectivity index (χ1n) is 3.13. The van der Waals surface area contributed by atoms with Crippen LogP contribution in [0, 0.1) is 5.82 Å². The predicted octanol–water partition coefficient (Wildman–Crippen LogP) is 2.28. The van der Waals surface area contributed by atoms with Gasteiger partial charge in [0.25, 0.3) is 0 Å². The average Bonchev–Trinajstić information content (AvgIpc) is 2.33. The zero-order valence-corrected chi connectivity index (χ0v) is 5.54. The van der Waals surface area contributed by atoms with Gasteiger partial charge in [-0.05, 0) is 18.2 Å². The molecule has 1 aromatic carbocycles. The Labute approximate surface area is 61.9 Å². The van der Waals surface area contributed by atoms with E-state index in [-0.39, 0.29) is 5.75 Å². The smallest absolute Gasteiger partial charge is 0.169 e. The molecule has 2 nitrogen and oxygen atoms in total. The van der Waals surface area contributed by atoms with Gasteiger partial charge in [0.1, 0.15) is 17.6 Å². The number of hydrogen-bond donors (Lipinski definition) is 1. The van der Waals surface area contributed by atoms with E-state index in [1.165, 1.54) is 18.2 Å². The van der Waals surface area contributed by atoms with E-state index in [0.717, 1.165) is 6.26 Å². The van der Waals surface area contributed by atoms with Crippen LogP contribution in [0.5, 0.6) is 5.75 Å². The Hall–Kier alpha value is -1.51. The highest BCUT2D eigenvalue weighted by Gasteiger charge is 2.04. The molecular formula is C8H5FO2. The average molecular weight is 152 g/mol. The fraction of sp³-hybridized carbons (Fsp3) is 0. The number of rotatable bonds is 0. The molecule has 0 atom stereocenters. The van der Waals surface area contributed by atoms with Crippen molar-refractivity contribution in [1.29, 1.82) is 0 Å². The zero-order chi connectivity index (χ0) is 7.84. The standard InChI is InChI=1S/C8H5FO2/c9-7-4-11-8-2-1-5(10)3-6(7)8/h1-4,10H. The van der Waals surface area contributed by atoms with Gasteiger partial charge < -0.3 is 9.52 Å². The molecule has 2 rings (SSSR count). The van der Waals surface area contributed by atoms with Crippen molar-refractivity contribution in [2.24, 2.45) is 0 Å². The molecule has 0 amide bonds. The molecule has 0 aliphatic carbocycles. The third-order valence-electron chi connectivity index (χ3n) is 1.51. The van der Waals surface area contributed by atoms with Crippen molar-refractivity contribution in [1.82, 2.24) is 0 Å². The van der Waals surface area contributed by atoms with Crippen molar-refractivity contribution < 1.29 is 13.9 Å². The lowest BCUT2D eigenvalue weighted by molar-refractivity contribution is 0.475. The highest BCUT2D eigenvalue weighted by atomic mass is 19.1. The summed E-state index contributed by atoms with van der Waals surface area (Å²) in [7, 11) is 0. The molecule has 1 aromatic heterocycles. The van der Waals surface area contributed by atoms with Crippen LogP contribution in [0.25, 0.3) is 11.0 Å². The quantitative estimate of drug-likeness (QED) is 0.628. The second kappa shape index (κ2) is 1.99. The van der Waals surface area contributed by atoms with E-state index in [0.29, 0.717) is 11.0 Å². The highest BCUT2D eigenvalue weighted by molar-refractivity contribution is 5.79. The van der Waals surface area contributed by atoms with Crippen molar-refractivity contribution in [2.75, 3.05) is 0 Å². The van der Waals surface area contributed by atoms with Gasteiger partial charge >= 0.3 is 0 Å². The molecule has 0 aliphatic heterocycles. The minimum absolute atomic E-state index is 0.0396. The van der Waals surface area contributed by atoms with E-state index < -0.39 is 5.82 Å². The van der Waals surface area contributed by atoms with E-state index in [4.69, 9.17) is 9.52 Å². The molecule has 11 heavy (non-hydrogen) atoms. The number of benzene rings is 1. The highest BCUT2D eigenvalue weighted by Crippen LogP contribution is 2.23. The van der Waals surface area contributed by atoms with Crippen LogP contribution in [0.2, 0.25) is 0 Å². The third-order valence-corrected chi connectivity index (χ3v) is 1.51. The van der Waals surface area contributed by atoms with Gasteiger partial charge in [0.05, 0.1) is 5.39 Å². The lowest BCUT2D eigenvalue weighted by atomic mass is 10.2. The summed E-state index contributed by atoms with van der Waals surface area (Å²) in [5.41, 5.74) is 0.445. The first-order chi connectivity index (χ1) is 5.27. The molecule has 0 saturated carbocycles. The van der Waals surface area contributed by atoms with Crippen LogP contribution in [0.1, 0.15) is 0 Å². The fourth-order valence-corrected chi connectivity index (χ4v) is 0.986. The predicted molar refractivity (Wildman–Crippen MR) is 37.8 cm³/mol. The lowest BCUT2D eigenvalue weighted by Crippen LogP contribution is -1.67. The van der Waals surface area contributed by atoms with Crippen molar-refractivity contribution >= 4 is 11.0 Å². The van der Waals surface area contributed by atoms with Crippen LogP contribution >= 0.6 is 0 Å². The molecule has 1 heterocycles. The fourth-order valence-electron chi connectivity index (χ4n) is 0.986. The first-order valence-corrected chi connectivity index (χ1v) is 3.13. The molecule has 3 heteroatoms. The van der Waals surface area contributed by atoms with Crippen LogP contribution in [0.3, 0.4) is 0 Å². The van der Waals surface area contributed by atoms with Gasteiger partial charge in [0.2, 0.25) is 0 Å². The Morgan fingerprint density at radius 3 is 3.00 bits per heavy atom. The van der Waals surface area contributed by atoms with Crippen LogP contribution in [-0.4, -0.2) is 5.11 Å². The zero-order valence-electron chi connectivity index (χ0n) is 5.54. The molecule has 1 N–H and O–H groups in total. The SMILES string of the molecule is Oc1ccc2occ(F)c2c1. The number of hydrogen-bond acceptors (Lipinski definition) is 2. The van der Waals surface area contributed by atoms with E-state index in [2.05, 4.69) is 0 Å². The Morgan fingerprint density at radius 1 is 1.36 bits per heavy atom. The van der Waals surface area contributed by atoms with Crippen LogP contribution in [0.4, 0.5) is 4.39 Å². The van der Waals surface area contributed by atoms with Crippen molar-refractivity contribution in [3.05, 3.63) is 30.3 Å². The summed E-state index contributed by atoms with van der Waals surface area (Å²) in [4.78, 5) is 0. The van der Waals surface area contributed by atoms with Crippen LogP contribution in [-0.2, 0) is 0 Å². The minimum atomic E-state index is -0.448. The summed E-state index contributed by atoms with van der Waals surface area (Å²) >= 11 is 0. The topological polar surface area (TPSA) is 33.4 Å². The van der Waals surface area contributed by atoms with Gasteiger partial charge in [-0.1, -0.05) is 0 Å². The maximum atomic E-state index is 12.7. The summed E-state index contributed by atoms with van der Waals surface area (Å²) in [6, 6.07) is 4.30. The van der Waals surface area contributed by atoms with E-state index in [9.17, 15) is 4.39 Å². The molecule has 0 unspecified atom stereocenters. The Kier molecular flexibility index (Phi) is 1.12. The molecule has 56 valence electrons. The molecule has 0 radical (unpaired) electrons. The van der Waals surface area contributed by atoms with E-state index >= 15 is 0 Å². The monoisotopic (exact) mass is 152 g/mol. The van der Waals surface area contributed by atoms with Crippen LogP contribution < -0.4 is 0 Å². The number of aromatic hydroxyl groups is 1. The largest absolute Gasteiger partial charge is 0.508 e. The molecule has 0 aliphatic rings. The summed E-state index contributed by atoms with van der Waals surface area (Å²) in [6.45, 7) is 0. The number of furan rings is 1. The molecule has 0 bridgehead atoms. The van der Waals surface area contributed by atoms with Gasteiger partial charge in [-0.2, -0.15) is 0 Å². The van der Waals surface area contributed by atoms with E-state index in [1.54, 1.807) is 0 Å². The van der Waals surface area contributed by atoms with Crippen molar-refractivity contribution in [2.45, 2.75) is 0 Å². The van der Waals surface area contributed by atoms with Gasteiger partial charge in [0.15, 0.2) is 5.82 Å². The maximum Gasteiger partial charge on any atom is 0.169 e. The van der Waals surface area contributed by atoms with Gasteiger partial charge in [-0.25, -0.2) is 4.39 Å². The van der Waals surface area contributed by atoms with Crippen molar-refractivity contribution in [3.8, 4) is 5.75 Å². The van der Waals surface area contributed by atoms with Crippen LogP contribution in [0.15, 0.2) is 28.9 Å². The van der Waals surface area contributed by atoms with Crippen molar-refractivity contribution in [3.63, 3.8) is 0 Å². The number of phenolic OH excluding ortho intramolecular Hbond substituents is 1. The molecule has 2 aromatic rings.